The molecule has 0 heterocycles. The lowest BCUT2D eigenvalue weighted by atomic mass is 9.86. The molecular weight excluding hydrogens is 417 g/mol. The van der Waals surface area contributed by atoms with Crippen molar-refractivity contribution in [2.45, 2.75) is 46.0 Å². The second-order valence-corrected chi connectivity index (χ2v) is 8.71. The van der Waals surface area contributed by atoms with Crippen molar-refractivity contribution in [2.24, 2.45) is 5.92 Å². The molecule has 0 fully saturated rings. The van der Waals surface area contributed by atoms with Gasteiger partial charge in [-0.1, -0.05) is 80.1 Å². The molecular formula is C30H29F3. The SMILES string of the molecule is CC=CC1CC=C(c2ccc(-c3ccc(-c4ccc(CCC)c(F)c4F)cc3)cc2F)CC1. The molecule has 3 aromatic carbocycles. The van der Waals surface area contributed by atoms with Crippen LogP contribution >= 0.6 is 0 Å². The number of rotatable bonds is 6. The van der Waals surface area contributed by atoms with Gasteiger partial charge in [-0.25, -0.2) is 13.2 Å². The molecule has 0 radical (unpaired) electrons. The van der Waals surface area contributed by atoms with Crippen molar-refractivity contribution in [3.05, 3.63) is 101 Å². The first-order valence-electron chi connectivity index (χ1n) is 11.7. The zero-order valence-electron chi connectivity index (χ0n) is 19.2. The van der Waals surface area contributed by atoms with E-state index in [4.69, 9.17) is 0 Å². The molecule has 0 bridgehead atoms. The number of benzene rings is 3. The predicted octanol–water partition coefficient (Wildman–Crippen LogP) is 9.15. The minimum atomic E-state index is -0.818. The van der Waals surface area contributed by atoms with Gasteiger partial charge in [0, 0.05) is 11.1 Å². The molecule has 0 N–H and O–H groups in total. The van der Waals surface area contributed by atoms with Crippen LogP contribution < -0.4 is 0 Å². The van der Waals surface area contributed by atoms with Gasteiger partial charge < -0.3 is 0 Å². The van der Waals surface area contributed by atoms with Crippen LogP contribution in [-0.2, 0) is 6.42 Å². The standard InChI is InChI=1S/C30H29F3/c1-3-5-20-7-9-22(10-8-20)26-17-16-25(19-28(26)31)21-11-13-23(14-12-21)27-18-15-24(6-4-2)29(32)30(27)33/h3,5,9,11-20H,4,6-8,10H2,1-2H3. The molecule has 1 atom stereocenters. The highest BCUT2D eigenvalue weighted by Gasteiger charge is 2.17. The van der Waals surface area contributed by atoms with Gasteiger partial charge in [0.2, 0.25) is 0 Å². The highest BCUT2D eigenvalue weighted by molar-refractivity contribution is 5.74. The van der Waals surface area contributed by atoms with Gasteiger partial charge in [0.05, 0.1) is 0 Å². The predicted molar refractivity (Wildman–Crippen MR) is 131 cm³/mol. The van der Waals surface area contributed by atoms with Crippen LogP contribution in [-0.4, -0.2) is 0 Å². The Morgan fingerprint density at radius 3 is 2.18 bits per heavy atom. The van der Waals surface area contributed by atoms with Crippen molar-refractivity contribution in [1.82, 2.24) is 0 Å². The second kappa shape index (κ2) is 10.2. The van der Waals surface area contributed by atoms with Crippen molar-refractivity contribution in [1.29, 1.82) is 0 Å². The summed E-state index contributed by atoms with van der Waals surface area (Å²) >= 11 is 0. The maximum absolute atomic E-state index is 15.0. The zero-order chi connectivity index (χ0) is 23.4. The molecule has 1 aliphatic rings. The molecule has 0 saturated heterocycles. The van der Waals surface area contributed by atoms with Crippen LogP contribution in [0.2, 0.25) is 0 Å². The summed E-state index contributed by atoms with van der Waals surface area (Å²) in [6.45, 7) is 3.97. The summed E-state index contributed by atoms with van der Waals surface area (Å²) in [5.74, 6) is -1.28. The third kappa shape index (κ3) is 4.98. The Balaban J connectivity index is 1.55. The molecule has 1 aliphatic carbocycles. The first-order chi connectivity index (χ1) is 16.0. The summed E-state index contributed by atoms with van der Waals surface area (Å²) in [5.41, 5.74) is 4.56. The van der Waals surface area contributed by atoms with E-state index >= 15 is 0 Å². The van der Waals surface area contributed by atoms with Crippen molar-refractivity contribution in [2.75, 3.05) is 0 Å². The van der Waals surface area contributed by atoms with Gasteiger partial charge in [-0.15, -0.1) is 0 Å². The lowest BCUT2D eigenvalue weighted by Crippen LogP contribution is -2.03. The third-order valence-electron chi connectivity index (χ3n) is 6.44. The van der Waals surface area contributed by atoms with Crippen LogP contribution in [0, 0.1) is 23.4 Å². The van der Waals surface area contributed by atoms with Crippen LogP contribution in [0.4, 0.5) is 13.2 Å². The average molecular weight is 447 g/mol. The molecule has 0 aromatic heterocycles. The van der Waals surface area contributed by atoms with Crippen molar-refractivity contribution in [3.8, 4) is 22.3 Å². The normalized spacial score (nSPS) is 16.3. The molecule has 3 aromatic rings. The smallest absolute Gasteiger partial charge is 0.166 e. The Morgan fingerprint density at radius 1 is 0.848 bits per heavy atom. The lowest BCUT2D eigenvalue weighted by molar-refractivity contribution is 0.500. The van der Waals surface area contributed by atoms with E-state index in [1.807, 2.05) is 38.1 Å². The fourth-order valence-electron chi connectivity index (χ4n) is 4.62. The quantitative estimate of drug-likeness (QED) is 0.331. The summed E-state index contributed by atoms with van der Waals surface area (Å²) in [5, 5.41) is 0. The number of aryl methyl sites for hydroxylation is 1. The monoisotopic (exact) mass is 446 g/mol. The molecule has 0 nitrogen and oxygen atoms in total. The van der Waals surface area contributed by atoms with Crippen molar-refractivity contribution < 1.29 is 13.2 Å². The van der Waals surface area contributed by atoms with Gasteiger partial charge >= 0.3 is 0 Å². The average Bonchev–Trinajstić information content (AvgIpc) is 2.83. The van der Waals surface area contributed by atoms with Crippen molar-refractivity contribution in [3.63, 3.8) is 0 Å². The van der Waals surface area contributed by atoms with Gasteiger partial charge in [0.25, 0.3) is 0 Å². The number of halogens is 3. The minimum absolute atomic E-state index is 0.230. The van der Waals surface area contributed by atoms with Crippen LogP contribution in [0.5, 0.6) is 0 Å². The summed E-state index contributed by atoms with van der Waals surface area (Å²) < 4.78 is 43.9. The molecule has 0 spiro atoms. The van der Waals surface area contributed by atoms with Crippen LogP contribution in [0.1, 0.15) is 50.7 Å². The number of allylic oxidation sites excluding steroid dienone is 4. The molecule has 0 amide bonds. The highest BCUT2D eigenvalue weighted by Crippen LogP contribution is 2.34. The Kier molecular flexibility index (Phi) is 7.17. The largest absolute Gasteiger partial charge is 0.206 e. The summed E-state index contributed by atoms with van der Waals surface area (Å²) in [4.78, 5) is 0. The van der Waals surface area contributed by atoms with Crippen LogP contribution in [0.25, 0.3) is 27.8 Å². The van der Waals surface area contributed by atoms with E-state index in [1.165, 1.54) is 0 Å². The van der Waals surface area contributed by atoms with Gasteiger partial charge in [0.1, 0.15) is 5.82 Å². The van der Waals surface area contributed by atoms with E-state index < -0.39 is 11.6 Å². The van der Waals surface area contributed by atoms with Gasteiger partial charge in [-0.2, -0.15) is 0 Å². The molecule has 0 saturated carbocycles. The van der Waals surface area contributed by atoms with E-state index in [0.29, 0.717) is 29.0 Å². The molecule has 1 unspecified atom stereocenters. The first-order valence-corrected chi connectivity index (χ1v) is 11.7. The van der Waals surface area contributed by atoms with Gasteiger partial charge in [0.15, 0.2) is 11.6 Å². The Morgan fingerprint density at radius 2 is 1.55 bits per heavy atom. The molecule has 170 valence electrons. The third-order valence-corrected chi connectivity index (χ3v) is 6.44. The van der Waals surface area contributed by atoms with Gasteiger partial charge in [-0.3, -0.25) is 0 Å². The Labute approximate surface area is 194 Å². The maximum atomic E-state index is 15.0. The van der Waals surface area contributed by atoms with E-state index in [9.17, 15) is 13.2 Å². The summed E-state index contributed by atoms with van der Waals surface area (Å²) in [7, 11) is 0. The van der Waals surface area contributed by atoms with Crippen molar-refractivity contribution >= 4 is 5.57 Å². The fraction of sp³-hybridized carbons (Fsp3) is 0.267. The minimum Gasteiger partial charge on any atom is -0.206 e. The van der Waals surface area contributed by atoms with E-state index in [0.717, 1.165) is 42.4 Å². The van der Waals surface area contributed by atoms with Crippen LogP contribution in [0.3, 0.4) is 0 Å². The summed E-state index contributed by atoms with van der Waals surface area (Å²) in [6, 6.07) is 15.8. The lowest BCUT2D eigenvalue weighted by Gasteiger charge is -2.20. The molecule has 0 aliphatic heterocycles. The van der Waals surface area contributed by atoms with E-state index in [2.05, 4.69) is 18.2 Å². The zero-order valence-corrected chi connectivity index (χ0v) is 19.2. The van der Waals surface area contributed by atoms with E-state index in [1.54, 1.807) is 30.3 Å². The first kappa shape index (κ1) is 23.1. The maximum Gasteiger partial charge on any atom is 0.166 e. The summed E-state index contributed by atoms with van der Waals surface area (Å²) in [6.07, 6.45) is 10.6. The number of hydrogen-bond acceptors (Lipinski definition) is 0. The van der Waals surface area contributed by atoms with Gasteiger partial charge in [-0.05, 0) is 72.4 Å². The molecule has 33 heavy (non-hydrogen) atoms. The van der Waals surface area contributed by atoms with E-state index in [-0.39, 0.29) is 11.4 Å². The Bertz CT molecular complexity index is 1190. The number of hydrogen-bond donors (Lipinski definition) is 0. The highest BCUT2D eigenvalue weighted by atomic mass is 19.2. The molecule has 3 heteroatoms. The Hall–Kier alpha value is -3.07. The molecule has 4 rings (SSSR count). The van der Waals surface area contributed by atoms with Crippen LogP contribution in [0.15, 0.2) is 72.8 Å². The second-order valence-electron chi connectivity index (χ2n) is 8.71. The fourth-order valence-corrected chi connectivity index (χ4v) is 4.62. The topological polar surface area (TPSA) is 0 Å².